The fourth-order valence-electron chi connectivity index (χ4n) is 1.35. The van der Waals surface area contributed by atoms with Gasteiger partial charge in [0.2, 0.25) is 0 Å². The lowest BCUT2D eigenvalue weighted by molar-refractivity contribution is 0.147. The van der Waals surface area contributed by atoms with Crippen molar-refractivity contribution in [2.24, 2.45) is 5.92 Å². The van der Waals surface area contributed by atoms with Crippen LogP contribution >= 0.6 is 0 Å². The quantitative estimate of drug-likeness (QED) is 0.624. The molecule has 12 heavy (non-hydrogen) atoms. The lowest BCUT2D eigenvalue weighted by atomic mass is 10.0. The van der Waals surface area contributed by atoms with Crippen LogP contribution in [-0.4, -0.2) is 11.2 Å². The van der Waals surface area contributed by atoms with Crippen molar-refractivity contribution < 1.29 is 5.11 Å². The van der Waals surface area contributed by atoms with E-state index >= 15 is 0 Å². The number of aliphatic hydroxyl groups is 1. The van der Waals surface area contributed by atoms with E-state index in [2.05, 4.69) is 20.8 Å². The van der Waals surface area contributed by atoms with E-state index < -0.39 is 0 Å². The highest BCUT2D eigenvalue weighted by molar-refractivity contribution is 4.56. The van der Waals surface area contributed by atoms with Gasteiger partial charge in [-0.3, -0.25) is 0 Å². The third-order valence-corrected chi connectivity index (χ3v) is 2.21. The van der Waals surface area contributed by atoms with Gasteiger partial charge in [-0.25, -0.2) is 0 Å². The first-order valence-corrected chi connectivity index (χ1v) is 5.34. The molecule has 0 spiro atoms. The number of unbranched alkanes of at least 4 members (excludes halogenated alkanes) is 1. The molecule has 0 saturated carbocycles. The summed E-state index contributed by atoms with van der Waals surface area (Å²) in [5.74, 6) is 0.781. The molecule has 0 heterocycles. The highest BCUT2D eigenvalue weighted by atomic mass is 16.3. The van der Waals surface area contributed by atoms with Crippen molar-refractivity contribution in [1.29, 1.82) is 0 Å². The predicted octanol–water partition coefficient (Wildman–Crippen LogP) is 3.36. The van der Waals surface area contributed by atoms with Crippen LogP contribution in [0.15, 0.2) is 0 Å². The molecule has 0 radical (unpaired) electrons. The lowest BCUT2D eigenvalue weighted by Gasteiger charge is -2.10. The van der Waals surface area contributed by atoms with E-state index in [1.54, 1.807) is 0 Å². The molecule has 0 aromatic carbocycles. The molecule has 1 N–H and O–H groups in total. The second kappa shape index (κ2) is 7.60. The molecule has 0 rings (SSSR count). The van der Waals surface area contributed by atoms with Crippen molar-refractivity contribution in [3.63, 3.8) is 0 Å². The summed E-state index contributed by atoms with van der Waals surface area (Å²) in [4.78, 5) is 0. The predicted molar refractivity (Wildman–Crippen MR) is 54.2 cm³/mol. The molecular weight excluding hydrogens is 148 g/mol. The van der Waals surface area contributed by atoms with Crippen LogP contribution in [0.25, 0.3) is 0 Å². The molecule has 0 unspecified atom stereocenters. The van der Waals surface area contributed by atoms with Crippen molar-refractivity contribution in [2.75, 3.05) is 0 Å². The van der Waals surface area contributed by atoms with Gasteiger partial charge in [0.15, 0.2) is 0 Å². The van der Waals surface area contributed by atoms with E-state index in [4.69, 9.17) is 0 Å². The third kappa shape index (κ3) is 8.06. The van der Waals surface area contributed by atoms with Gasteiger partial charge in [-0.15, -0.1) is 0 Å². The molecule has 0 amide bonds. The Balaban J connectivity index is 3.13. The van der Waals surface area contributed by atoms with Crippen LogP contribution in [0.3, 0.4) is 0 Å². The van der Waals surface area contributed by atoms with Crippen LogP contribution in [0.2, 0.25) is 0 Å². The van der Waals surface area contributed by atoms with E-state index in [1.807, 2.05) is 0 Å². The largest absolute Gasteiger partial charge is 0.393 e. The van der Waals surface area contributed by atoms with Gasteiger partial charge in [-0.1, -0.05) is 46.5 Å². The summed E-state index contributed by atoms with van der Waals surface area (Å²) >= 11 is 0. The number of hydrogen-bond donors (Lipinski definition) is 1. The Bertz CT molecular complexity index is 89.0. The molecule has 0 aromatic heterocycles. The Morgan fingerprint density at radius 3 is 2.08 bits per heavy atom. The first kappa shape index (κ1) is 12.0. The Labute approximate surface area is 77.2 Å². The van der Waals surface area contributed by atoms with Crippen molar-refractivity contribution in [3.05, 3.63) is 0 Å². The molecule has 0 saturated heterocycles. The second-order valence-electron chi connectivity index (χ2n) is 4.12. The van der Waals surface area contributed by atoms with Crippen LogP contribution in [-0.2, 0) is 0 Å². The van der Waals surface area contributed by atoms with Crippen molar-refractivity contribution in [2.45, 2.75) is 65.4 Å². The van der Waals surface area contributed by atoms with Crippen LogP contribution in [0.5, 0.6) is 0 Å². The first-order valence-electron chi connectivity index (χ1n) is 5.34. The van der Waals surface area contributed by atoms with E-state index in [9.17, 15) is 5.11 Å². The van der Waals surface area contributed by atoms with Crippen LogP contribution in [0.4, 0.5) is 0 Å². The zero-order chi connectivity index (χ0) is 9.40. The van der Waals surface area contributed by atoms with Gasteiger partial charge >= 0.3 is 0 Å². The molecule has 0 aliphatic heterocycles. The lowest BCUT2D eigenvalue weighted by Crippen LogP contribution is -2.06. The molecule has 0 bridgehead atoms. The molecule has 0 aromatic rings. The zero-order valence-electron chi connectivity index (χ0n) is 8.84. The molecule has 1 atom stereocenters. The number of hydrogen-bond acceptors (Lipinski definition) is 1. The molecule has 0 aliphatic carbocycles. The molecule has 1 heteroatoms. The Kier molecular flexibility index (Phi) is 7.58. The standard InChI is InChI=1S/C11H24O/c1-4-5-8-11(12)9-6-7-10(2)3/h10-12H,4-9H2,1-3H3/t11-/m1/s1. The van der Waals surface area contributed by atoms with Gasteiger partial charge in [0.25, 0.3) is 0 Å². The summed E-state index contributed by atoms with van der Waals surface area (Å²) in [6, 6.07) is 0. The molecule has 74 valence electrons. The Morgan fingerprint density at radius 1 is 1.00 bits per heavy atom. The van der Waals surface area contributed by atoms with E-state index in [1.165, 1.54) is 25.7 Å². The van der Waals surface area contributed by atoms with Crippen molar-refractivity contribution in [1.82, 2.24) is 0 Å². The van der Waals surface area contributed by atoms with Gasteiger partial charge in [0, 0.05) is 0 Å². The topological polar surface area (TPSA) is 20.2 Å². The maximum atomic E-state index is 9.49. The Hall–Kier alpha value is -0.0400. The summed E-state index contributed by atoms with van der Waals surface area (Å²) in [6.45, 7) is 6.64. The average Bonchev–Trinajstić information content (AvgIpc) is 2.00. The third-order valence-electron chi connectivity index (χ3n) is 2.21. The summed E-state index contributed by atoms with van der Waals surface area (Å²) in [7, 11) is 0. The van der Waals surface area contributed by atoms with Crippen LogP contribution < -0.4 is 0 Å². The minimum Gasteiger partial charge on any atom is -0.393 e. The maximum Gasteiger partial charge on any atom is 0.0540 e. The fraction of sp³-hybridized carbons (Fsp3) is 1.00. The highest BCUT2D eigenvalue weighted by Crippen LogP contribution is 2.11. The molecule has 0 fully saturated rings. The van der Waals surface area contributed by atoms with Gasteiger partial charge in [-0.2, -0.15) is 0 Å². The highest BCUT2D eigenvalue weighted by Gasteiger charge is 2.03. The van der Waals surface area contributed by atoms with E-state index in [-0.39, 0.29) is 6.10 Å². The van der Waals surface area contributed by atoms with Crippen molar-refractivity contribution >= 4 is 0 Å². The minimum absolute atomic E-state index is 0.0382. The monoisotopic (exact) mass is 172 g/mol. The van der Waals surface area contributed by atoms with Crippen LogP contribution in [0.1, 0.15) is 59.3 Å². The number of aliphatic hydroxyl groups excluding tert-OH is 1. The summed E-state index contributed by atoms with van der Waals surface area (Å²) in [6.07, 6.45) is 6.76. The smallest absolute Gasteiger partial charge is 0.0540 e. The summed E-state index contributed by atoms with van der Waals surface area (Å²) < 4.78 is 0. The number of rotatable bonds is 7. The molecule has 0 aliphatic rings. The molecule has 1 nitrogen and oxygen atoms in total. The summed E-state index contributed by atoms with van der Waals surface area (Å²) in [5.41, 5.74) is 0. The van der Waals surface area contributed by atoms with Gasteiger partial charge < -0.3 is 5.11 Å². The first-order chi connectivity index (χ1) is 5.66. The second-order valence-corrected chi connectivity index (χ2v) is 4.12. The molecular formula is C11H24O. The van der Waals surface area contributed by atoms with E-state index in [0.717, 1.165) is 18.8 Å². The minimum atomic E-state index is -0.0382. The normalized spacial score (nSPS) is 13.8. The zero-order valence-corrected chi connectivity index (χ0v) is 8.84. The van der Waals surface area contributed by atoms with E-state index in [0.29, 0.717) is 0 Å². The SMILES string of the molecule is CCCC[C@@H](O)CCCC(C)C. The Morgan fingerprint density at radius 2 is 1.58 bits per heavy atom. The average molecular weight is 172 g/mol. The fourth-order valence-corrected chi connectivity index (χ4v) is 1.35. The van der Waals surface area contributed by atoms with Gasteiger partial charge in [0.05, 0.1) is 6.10 Å². The maximum absolute atomic E-state index is 9.49. The summed E-state index contributed by atoms with van der Waals surface area (Å²) in [5, 5.41) is 9.49. The van der Waals surface area contributed by atoms with Gasteiger partial charge in [-0.05, 0) is 18.8 Å². The van der Waals surface area contributed by atoms with Gasteiger partial charge in [0.1, 0.15) is 0 Å². The van der Waals surface area contributed by atoms with Crippen LogP contribution in [0, 0.1) is 5.92 Å². The van der Waals surface area contributed by atoms with Crippen molar-refractivity contribution in [3.8, 4) is 0 Å².